The Kier molecular flexibility index (Phi) is 50.2. The van der Waals surface area contributed by atoms with E-state index in [0.717, 1.165) is 32.1 Å². The van der Waals surface area contributed by atoms with Gasteiger partial charge in [0.05, 0.1) is 18.8 Å². The van der Waals surface area contributed by atoms with Crippen LogP contribution in [0.3, 0.4) is 0 Å². The maximum Gasteiger partial charge on any atom is 0.220 e. The minimum absolute atomic E-state index is 0.0267. The van der Waals surface area contributed by atoms with E-state index in [-0.39, 0.29) is 12.5 Å². The predicted octanol–water partition coefficient (Wildman–Crippen LogP) is 17.5. The summed E-state index contributed by atoms with van der Waals surface area (Å²) in [6, 6.07) is -0.535. The molecule has 0 saturated heterocycles. The van der Waals surface area contributed by atoms with E-state index in [1.807, 2.05) is 0 Å². The van der Waals surface area contributed by atoms with Crippen molar-refractivity contribution in [1.82, 2.24) is 5.32 Å². The SMILES string of the molecule is CCCCCCC/C=C\C/C=C\CCCCCCCCCCCCCCCCCC(=O)NC(CO)C(O)CCCCCCCCCCCCCCCCCCCCCC. The number of carbonyl (C=O) groups is 1. The number of hydrogen-bond donors (Lipinski definition) is 3. The van der Waals surface area contributed by atoms with Crippen molar-refractivity contribution < 1.29 is 15.0 Å². The highest BCUT2D eigenvalue weighted by Gasteiger charge is 2.20. The van der Waals surface area contributed by atoms with Gasteiger partial charge in [-0.15, -0.1) is 0 Å². The number of nitrogens with one attached hydrogen (secondary N) is 1. The monoisotopic (exact) mass is 830 g/mol. The molecule has 0 aromatic rings. The number of aliphatic hydroxyl groups excluding tert-OH is 2. The van der Waals surface area contributed by atoms with Crippen molar-refractivity contribution in [3.05, 3.63) is 24.3 Å². The number of rotatable bonds is 50. The van der Waals surface area contributed by atoms with Crippen molar-refractivity contribution in [2.24, 2.45) is 0 Å². The number of carbonyl (C=O) groups excluding carboxylic acids is 1. The van der Waals surface area contributed by atoms with E-state index in [9.17, 15) is 15.0 Å². The van der Waals surface area contributed by atoms with Crippen molar-refractivity contribution in [3.63, 3.8) is 0 Å². The van der Waals surface area contributed by atoms with Gasteiger partial charge >= 0.3 is 0 Å². The Labute approximate surface area is 370 Å². The summed E-state index contributed by atoms with van der Waals surface area (Å²) < 4.78 is 0. The van der Waals surface area contributed by atoms with Crippen LogP contribution in [0.5, 0.6) is 0 Å². The fraction of sp³-hybridized carbons (Fsp3) is 0.909. The van der Waals surface area contributed by atoms with Gasteiger partial charge in [0.15, 0.2) is 0 Å². The maximum absolute atomic E-state index is 12.5. The third-order valence-electron chi connectivity index (χ3n) is 12.7. The molecule has 0 aliphatic carbocycles. The minimum atomic E-state index is -0.658. The van der Waals surface area contributed by atoms with Crippen LogP contribution in [0.1, 0.15) is 303 Å². The zero-order valence-electron chi connectivity index (χ0n) is 40.3. The van der Waals surface area contributed by atoms with Gasteiger partial charge in [0.1, 0.15) is 0 Å². The summed E-state index contributed by atoms with van der Waals surface area (Å²) >= 11 is 0. The maximum atomic E-state index is 12.5. The van der Waals surface area contributed by atoms with Crippen molar-refractivity contribution in [2.75, 3.05) is 6.61 Å². The highest BCUT2D eigenvalue weighted by atomic mass is 16.3. The molecule has 0 aromatic carbocycles. The molecule has 0 rings (SSSR count). The third-order valence-corrected chi connectivity index (χ3v) is 12.7. The summed E-state index contributed by atoms with van der Waals surface area (Å²) in [7, 11) is 0. The smallest absolute Gasteiger partial charge is 0.220 e. The number of allylic oxidation sites excluding steroid dienone is 4. The zero-order valence-corrected chi connectivity index (χ0v) is 40.3. The molecule has 0 aromatic heterocycles. The lowest BCUT2D eigenvalue weighted by Crippen LogP contribution is -2.45. The van der Waals surface area contributed by atoms with E-state index < -0.39 is 12.1 Å². The first-order chi connectivity index (χ1) is 29.2. The molecule has 2 atom stereocenters. The lowest BCUT2D eigenvalue weighted by atomic mass is 10.0. The predicted molar refractivity (Wildman–Crippen MR) is 262 cm³/mol. The Morgan fingerprint density at radius 2 is 0.695 bits per heavy atom. The first-order valence-electron chi connectivity index (χ1n) is 27.0. The number of amides is 1. The second-order valence-corrected chi connectivity index (χ2v) is 18.7. The molecule has 0 aliphatic heterocycles. The Balaban J connectivity index is 3.44. The fourth-order valence-electron chi connectivity index (χ4n) is 8.57. The van der Waals surface area contributed by atoms with Gasteiger partial charge in [-0.05, 0) is 44.9 Å². The van der Waals surface area contributed by atoms with Crippen LogP contribution >= 0.6 is 0 Å². The highest BCUT2D eigenvalue weighted by molar-refractivity contribution is 5.76. The second-order valence-electron chi connectivity index (χ2n) is 18.7. The molecule has 0 heterocycles. The van der Waals surface area contributed by atoms with E-state index in [1.165, 1.54) is 244 Å². The molecule has 0 fully saturated rings. The lowest BCUT2D eigenvalue weighted by molar-refractivity contribution is -0.123. The standard InChI is InChI=1S/C55H107NO3/c1-3-5-7-9-11-13-15-17-19-21-23-25-26-27-28-29-30-31-33-35-37-39-41-43-45-47-49-51-55(59)56-53(52-57)54(58)50-48-46-44-42-40-38-36-34-32-24-22-20-18-16-14-12-10-8-6-4-2/h15,17,21,23,53-54,57-58H,3-14,16,18-20,22,24-52H2,1-2H3,(H,56,59)/b17-15-,23-21-. The molecule has 4 heteroatoms. The van der Waals surface area contributed by atoms with Crippen LogP contribution in [0.2, 0.25) is 0 Å². The molecule has 0 saturated carbocycles. The van der Waals surface area contributed by atoms with Gasteiger partial charge in [-0.1, -0.05) is 276 Å². The van der Waals surface area contributed by atoms with Crippen LogP contribution in [0, 0.1) is 0 Å². The zero-order chi connectivity index (χ0) is 42.8. The summed E-state index contributed by atoms with van der Waals surface area (Å²) in [6.45, 7) is 4.38. The van der Waals surface area contributed by atoms with Gasteiger partial charge in [-0.3, -0.25) is 4.79 Å². The molecule has 0 bridgehead atoms. The van der Waals surface area contributed by atoms with Crippen LogP contribution in [-0.4, -0.2) is 34.9 Å². The summed E-state index contributed by atoms with van der Waals surface area (Å²) in [6.07, 6.45) is 67.2. The fourth-order valence-corrected chi connectivity index (χ4v) is 8.57. The Hall–Kier alpha value is -1.13. The number of unbranched alkanes of at least 4 members (excludes halogenated alkanes) is 39. The molecule has 0 radical (unpaired) electrons. The molecule has 59 heavy (non-hydrogen) atoms. The van der Waals surface area contributed by atoms with Crippen molar-refractivity contribution in [3.8, 4) is 0 Å². The normalized spacial score (nSPS) is 12.9. The molecular formula is C55H107NO3. The van der Waals surface area contributed by atoms with Gasteiger partial charge in [0.2, 0.25) is 5.91 Å². The average Bonchev–Trinajstić information content (AvgIpc) is 3.24. The van der Waals surface area contributed by atoms with E-state index in [2.05, 4.69) is 43.5 Å². The van der Waals surface area contributed by atoms with E-state index >= 15 is 0 Å². The molecule has 350 valence electrons. The summed E-state index contributed by atoms with van der Waals surface area (Å²) in [4.78, 5) is 12.5. The van der Waals surface area contributed by atoms with Gasteiger partial charge in [0.25, 0.3) is 0 Å². The summed E-state index contributed by atoms with van der Waals surface area (Å²) in [5.74, 6) is -0.0267. The first kappa shape index (κ1) is 57.9. The molecule has 0 spiro atoms. The third kappa shape index (κ3) is 47.8. The molecule has 4 nitrogen and oxygen atoms in total. The molecule has 3 N–H and O–H groups in total. The van der Waals surface area contributed by atoms with E-state index in [1.54, 1.807) is 0 Å². The van der Waals surface area contributed by atoms with Crippen LogP contribution in [0.15, 0.2) is 24.3 Å². The average molecular weight is 830 g/mol. The van der Waals surface area contributed by atoms with Crippen molar-refractivity contribution in [2.45, 2.75) is 315 Å². The molecule has 1 amide bonds. The minimum Gasteiger partial charge on any atom is -0.394 e. The topological polar surface area (TPSA) is 69.6 Å². The van der Waals surface area contributed by atoms with Crippen LogP contribution in [0.4, 0.5) is 0 Å². The first-order valence-corrected chi connectivity index (χ1v) is 27.0. The number of aliphatic hydroxyl groups is 2. The highest BCUT2D eigenvalue weighted by Crippen LogP contribution is 2.17. The van der Waals surface area contributed by atoms with E-state index in [4.69, 9.17) is 0 Å². The van der Waals surface area contributed by atoms with Crippen molar-refractivity contribution in [1.29, 1.82) is 0 Å². The summed E-state index contributed by atoms with van der Waals surface area (Å²) in [5, 5.41) is 23.3. The van der Waals surface area contributed by atoms with E-state index in [0.29, 0.717) is 12.8 Å². The van der Waals surface area contributed by atoms with Crippen molar-refractivity contribution >= 4 is 5.91 Å². The second kappa shape index (κ2) is 51.2. The number of hydrogen-bond acceptors (Lipinski definition) is 3. The van der Waals surface area contributed by atoms with Gasteiger partial charge < -0.3 is 15.5 Å². The quantitative estimate of drug-likeness (QED) is 0.0422. The van der Waals surface area contributed by atoms with Gasteiger partial charge in [0, 0.05) is 6.42 Å². The Bertz CT molecular complexity index is 855. The van der Waals surface area contributed by atoms with Gasteiger partial charge in [-0.25, -0.2) is 0 Å². The largest absolute Gasteiger partial charge is 0.394 e. The van der Waals surface area contributed by atoms with Crippen LogP contribution < -0.4 is 5.32 Å². The molecular weight excluding hydrogens is 723 g/mol. The Morgan fingerprint density at radius 1 is 0.407 bits per heavy atom. The molecule has 2 unspecified atom stereocenters. The lowest BCUT2D eigenvalue weighted by Gasteiger charge is -2.22. The summed E-state index contributed by atoms with van der Waals surface area (Å²) in [5.41, 5.74) is 0. The van der Waals surface area contributed by atoms with Crippen LogP contribution in [0.25, 0.3) is 0 Å². The Morgan fingerprint density at radius 3 is 1.02 bits per heavy atom. The van der Waals surface area contributed by atoms with Crippen LogP contribution in [-0.2, 0) is 4.79 Å². The molecule has 0 aliphatic rings. The van der Waals surface area contributed by atoms with Gasteiger partial charge in [-0.2, -0.15) is 0 Å².